The molecule has 4 rings (SSSR count). The summed E-state index contributed by atoms with van der Waals surface area (Å²) in [5.74, 6) is 0.135. The number of hydrogen-bond donors (Lipinski definition) is 2. The summed E-state index contributed by atoms with van der Waals surface area (Å²) in [7, 11) is 0. The molecule has 6 nitrogen and oxygen atoms in total. The van der Waals surface area contributed by atoms with Crippen LogP contribution in [0, 0.1) is 12.3 Å². The third-order valence-electron chi connectivity index (χ3n) is 5.96. The van der Waals surface area contributed by atoms with Crippen molar-refractivity contribution >= 4 is 17.4 Å². The van der Waals surface area contributed by atoms with Gasteiger partial charge in [-0.05, 0) is 42.7 Å². The Hall–Kier alpha value is -4.61. The van der Waals surface area contributed by atoms with E-state index in [1.807, 2.05) is 0 Å². The van der Waals surface area contributed by atoms with E-state index in [4.69, 9.17) is 9.83 Å². The normalized spacial score (nSPS) is 13.1. The van der Waals surface area contributed by atoms with Gasteiger partial charge in [0.05, 0.1) is 11.1 Å². The van der Waals surface area contributed by atoms with Crippen LogP contribution in [0.25, 0.3) is 23.0 Å². The summed E-state index contributed by atoms with van der Waals surface area (Å²) in [6, 6.07) is 18.3. The average Bonchev–Trinajstić information content (AvgIpc) is 3.16. The zero-order chi connectivity index (χ0) is 29.9. The lowest BCUT2D eigenvalue weighted by Gasteiger charge is -2.12. The fourth-order valence-corrected chi connectivity index (χ4v) is 4.32. The Balaban J connectivity index is 2.08. The maximum atomic E-state index is 13.2. The van der Waals surface area contributed by atoms with Gasteiger partial charge in [-0.1, -0.05) is 60.7 Å². The van der Waals surface area contributed by atoms with E-state index in [2.05, 4.69) is 10.1 Å². The Morgan fingerprint density at radius 3 is 2.15 bits per heavy atom. The second-order valence-corrected chi connectivity index (χ2v) is 9.21. The van der Waals surface area contributed by atoms with Crippen LogP contribution in [-0.4, -0.2) is 34.4 Å². The van der Waals surface area contributed by atoms with Crippen LogP contribution in [0.2, 0.25) is 0 Å². The minimum Gasteiger partial charge on any atom is -0.438 e. The number of hydrogen-bond acceptors (Lipinski definition) is 4. The Bertz CT molecular complexity index is 1710. The summed E-state index contributed by atoms with van der Waals surface area (Å²) in [6.45, 7) is -0.314. The number of benzene rings is 2. The molecule has 2 aromatic carbocycles. The highest BCUT2D eigenvalue weighted by atomic mass is 19.4. The van der Waals surface area contributed by atoms with Gasteiger partial charge < -0.3 is 9.83 Å². The molecule has 2 heterocycles. The minimum absolute atomic E-state index is 0.0637. The van der Waals surface area contributed by atoms with Crippen LogP contribution in [0.4, 0.5) is 26.3 Å². The van der Waals surface area contributed by atoms with E-state index in [0.29, 0.717) is 15.8 Å². The molecule has 0 saturated heterocycles. The third-order valence-corrected chi connectivity index (χ3v) is 5.96. The SMILES string of the molecule is CC(=N)c1c(/C=C(\c2ccccc2)c2c(C)[nH]n(CC(F)(F)F)c2=O)cc(-c2ccccc2)oc1=NCC(F)(F)F. The molecule has 0 aliphatic rings. The highest BCUT2D eigenvalue weighted by Crippen LogP contribution is 2.29. The van der Waals surface area contributed by atoms with Crippen molar-refractivity contribution in [3.8, 4) is 11.3 Å². The van der Waals surface area contributed by atoms with E-state index in [9.17, 15) is 31.1 Å². The summed E-state index contributed by atoms with van der Waals surface area (Å²) >= 11 is 0. The number of aryl methyl sites for hydroxylation is 1. The average molecular weight is 575 g/mol. The first-order valence-corrected chi connectivity index (χ1v) is 12.2. The molecule has 0 bridgehead atoms. The zero-order valence-electron chi connectivity index (χ0n) is 21.8. The van der Waals surface area contributed by atoms with Gasteiger partial charge in [-0.3, -0.25) is 9.89 Å². The number of H-pyrrole nitrogens is 1. The van der Waals surface area contributed by atoms with E-state index in [-0.39, 0.29) is 39.4 Å². The molecular formula is C29H24F6N4O2. The van der Waals surface area contributed by atoms with E-state index >= 15 is 0 Å². The van der Waals surface area contributed by atoms with E-state index < -0.39 is 36.6 Å². The molecule has 0 amide bonds. The standard InChI is InChI=1S/C29H24F6N4O2/c1-17(36)24-21(14-23(20-11-7-4-8-12-20)41-26(24)37-15-28(30,31)32)13-22(19-9-5-3-6-10-19)25-18(2)38-39(27(25)40)16-29(33,34)35/h3-14,36,38H,15-16H2,1-2H3/b22-13+,36-17?,37-26?. The molecule has 0 aliphatic heterocycles. The van der Waals surface area contributed by atoms with Gasteiger partial charge in [0.1, 0.15) is 18.8 Å². The molecule has 2 aromatic heterocycles. The Morgan fingerprint density at radius 1 is 0.976 bits per heavy atom. The molecule has 0 spiro atoms. The molecule has 214 valence electrons. The molecule has 0 unspecified atom stereocenters. The number of nitrogens with one attached hydrogen (secondary N) is 2. The van der Waals surface area contributed by atoms with Crippen LogP contribution in [-0.2, 0) is 6.54 Å². The number of rotatable bonds is 7. The Morgan fingerprint density at radius 2 is 1.59 bits per heavy atom. The third kappa shape index (κ3) is 7.13. The first-order chi connectivity index (χ1) is 19.2. The fraction of sp³-hybridized carbons (Fsp3) is 0.207. The van der Waals surface area contributed by atoms with Gasteiger partial charge in [-0.2, -0.15) is 26.3 Å². The van der Waals surface area contributed by atoms with Crippen molar-refractivity contribution in [2.45, 2.75) is 32.7 Å². The lowest BCUT2D eigenvalue weighted by atomic mass is 9.93. The van der Waals surface area contributed by atoms with Crippen molar-refractivity contribution in [2.24, 2.45) is 4.99 Å². The van der Waals surface area contributed by atoms with Gasteiger partial charge >= 0.3 is 12.4 Å². The lowest BCUT2D eigenvalue weighted by molar-refractivity contribution is -0.143. The highest BCUT2D eigenvalue weighted by molar-refractivity contribution is 6.02. The van der Waals surface area contributed by atoms with Crippen LogP contribution >= 0.6 is 0 Å². The van der Waals surface area contributed by atoms with Gasteiger partial charge in [0.25, 0.3) is 5.56 Å². The minimum atomic E-state index is -4.67. The summed E-state index contributed by atoms with van der Waals surface area (Å²) in [4.78, 5) is 16.9. The van der Waals surface area contributed by atoms with E-state index in [0.717, 1.165) is 0 Å². The van der Waals surface area contributed by atoms with Crippen LogP contribution < -0.4 is 11.1 Å². The number of aromatic nitrogens is 2. The summed E-state index contributed by atoms with van der Waals surface area (Å²) in [6.07, 6.45) is -7.87. The van der Waals surface area contributed by atoms with Crippen molar-refractivity contribution in [1.82, 2.24) is 9.78 Å². The smallest absolute Gasteiger partial charge is 0.408 e. The molecule has 0 saturated carbocycles. The van der Waals surface area contributed by atoms with Crippen LogP contribution in [0.3, 0.4) is 0 Å². The molecule has 2 N–H and O–H groups in total. The monoisotopic (exact) mass is 574 g/mol. The van der Waals surface area contributed by atoms with E-state index in [1.165, 1.54) is 26.0 Å². The molecule has 0 aliphatic carbocycles. The Kier molecular flexibility index (Phi) is 8.22. The van der Waals surface area contributed by atoms with Crippen molar-refractivity contribution in [3.05, 3.63) is 111 Å². The summed E-state index contributed by atoms with van der Waals surface area (Å²) < 4.78 is 85.1. The van der Waals surface area contributed by atoms with E-state index in [1.54, 1.807) is 60.7 Å². The molecule has 4 aromatic rings. The topological polar surface area (TPSA) is 87.1 Å². The lowest BCUT2D eigenvalue weighted by Crippen LogP contribution is -2.27. The van der Waals surface area contributed by atoms with Crippen molar-refractivity contribution in [3.63, 3.8) is 0 Å². The molecule has 0 atom stereocenters. The molecule has 41 heavy (non-hydrogen) atoms. The van der Waals surface area contributed by atoms with Gasteiger partial charge in [0.2, 0.25) is 5.55 Å². The molecular weight excluding hydrogens is 550 g/mol. The molecule has 0 radical (unpaired) electrons. The second kappa shape index (κ2) is 11.5. The first kappa shape index (κ1) is 29.4. The van der Waals surface area contributed by atoms with Crippen LogP contribution in [0.1, 0.15) is 34.9 Å². The van der Waals surface area contributed by atoms with Crippen LogP contribution in [0.5, 0.6) is 0 Å². The largest absolute Gasteiger partial charge is 0.438 e. The van der Waals surface area contributed by atoms with Crippen LogP contribution in [0.15, 0.2) is 80.9 Å². The number of alkyl halides is 6. The quantitative estimate of drug-likeness (QED) is 0.189. The maximum Gasteiger partial charge on any atom is 0.408 e. The predicted octanol–water partition coefficient (Wildman–Crippen LogP) is 6.75. The second-order valence-electron chi connectivity index (χ2n) is 9.21. The van der Waals surface area contributed by atoms with Crippen molar-refractivity contribution in [2.75, 3.05) is 6.54 Å². The van der Waals surface area contributed by atoms with Gasteiger partial charge in [0.15, 0.2) is 0 Å². The summed E-state index contributed by atoms with van der Waals surface area (Å²) in [5, 5.41) is 10.8. The summed E-state index contributed by atoms with van der Waals surface area (Å²) in [5.41, 5.74) is -0.201. The number of aromatic amines is 1. The fourth-order valence-electron chi connectivity index (χ4n) is 4.32. The first-order valence-electron chi connectivity index (χ1n) is 12.2. The van der Waals surface area contributed by atoms with Crippen molar-refractivity contribution in [1.29, 1.82) is 5.41 Å². The molecule has 12 heteroatoms. The van der Waals surface area contributed by atoms with Crippen molar-refractivity contribution < 1.29 is 30.8 Å². The van der Waals surface area contributed by atoms with Gasteiger partial charge in [-0.25, -0.2) is 9.67 Å². The molecule has 0 fully saturated rings. The highest BCUT2D eigenvalue weighted by Gasteiger charge is 2.31. The Labute approximate surface area is 229 Å². The van der Waals surface area contributed by atoms with Gasteiger partial charge in [-0.15, -0.1) is 0 Å². The van der Waals surface area contributed by atoms with Gasteiger partial charge in [0, 0.05) is 17.0 Å². The zero-order valence-corrected chi connectivity index (χ0v) is 21.8. The number of nitrogens with zero attached hydrogens (tertiary/aromatic N) is 2. The maximum absolute atomic E-state index is 13.2. The predicted molar refractivity (Wildman–Crippen MR) is 142 cm³/mol. The number of halogens is 6.